The zero-order chi connectivity index (χ0) is 25.5. The molecule has 36 heavy (non-hydrogen) atoms. The number of hydrogen-bond donors (Lipinski definition) is 2. The van der Waals surface area contributed by atoms with Crippen LogP contribution in [0.4, 0.5) is 11.6 Å². The van der Waals surface area contributed by atoms with Crippen molar-refractivity contribution in [3.8, 4) is 23.0 Å². The smallest absolute Gasteiger partial charge is 0.255 e. The van der Waals surface area contributed by atoms with Crippen molar-refractivity contribution in [2.75, 3.05) is 17.2 Å². The second-order valence-corrected chi connectivity index (χ2v) is 8.73. The maximum absolute atomic E-state index is 13.0. The van der Waals surface area contributed by atoms with Crippen LogP contribution in [-0.2, 0) is 0 Å². The summed E-state index contributed by atoms with van der Waals surface area (Å²) in [5.74, 6) is 1.96. The first kappa shape index (κ1) is 24.8. The van der Waals surface area contributed by atoms with Gasteiger partial charge in [0.15, 0.2) is 5.82 Å². The van der Waals surface area contributed by atoms with Gasteiger partial charge in [-0.2, -0.15) is 4.98 Å². The summed E-state index contributed by atoms with van der Waals surface area (Å²) in [6.07, 6.45) is 4.06. The molecule has 2 aromatic carbocycles. The van der Waals surface area contributed by atoms with Crippen molar-refractivity contribution in [2.45, 2.75) is 40.0 Å². The van der Waals surface area contributed by atoms with E-state index in [2.05, 4.69) is 57.4 Å². The van der Waals surface area contributed by atoms with Crippen LogP contribution in [0, 0.1) is 6.92 Å². The molecule has 0 spiro atoms. The van der Waals surface area contributed by atoms with Gasteiger partial charge in [-0.25, -0.2) is 15.0 Å². The van der Waals surface area contributed by atoms with Crippen LogP contribution in [-0.4, -0.2) is 32.4 Å². The molecule has 0 aliphatic rings. The summed E-state index contributed by atoms with van der Waals surface area (Å²) in [5, 5.41) is 6.14. The maximum atomic E-state index is 13.0. The van der Waals surface area contributed by atoms with Crippen molar-refractivity contribution < 1.29 is 9.53 Å². The lowest BCUT2D eigenvalue weighted by atomic mass is 10.0. The molecule has 8 heteroatoms. The third-order valence-corrected chi connectivity index (χ3v) is 5.59. The number of carbonyl (C=O) groups is 1. The largest absolute Gasteiger partial charge is 0.438 e. The van der Waals surface area contributed by atoms with Gasteiger partial charge in [0.25, 0.3) is 5.91 Å². The molecule has 4 aromatic rings. The summed E-state index contributed by atoms with van der Waals surface area (Å²) in [6, 6.07) is 16.9. The SMILES string of the molecule is CCCNc1ncnc(-c2cccnc2Oc2cc(C(=O)Nc3cccc(C(C)C)c3)ccc2C)n1. The Morgan fingerprint density at radius 1 is 1.03 bits per heavy atom. The first-order valence-corrected chi connectivity index (χ1v) is 12.0. The summed E-state index contributed by atoms with van der Waals surface area (Å²) in [7, 11) is 0. The minimum absolute atomic E-state index is 0.217. The summed E-state index contributed by atoms with van der Waals surface area (Å²) >= 11 is 0. The molecular weight excluding hydrogens is 452 g/mol. The van der Waals surface area contributed by atoms with E-state index in [1.807, 2.05) is 37.3 Å². The van der Waals surface area contributed by atoms with Gasteiger partial charge in [0.2, 0.25) is 11.8 Å². The van der Waals surface area contributed by atoms with Crippen LogP contribution in [0.1, 0.15) is 54.6 Å². The minimum Gasteiger partial charge on any atom is -0.438 e. The Morgan fingerprint density at radius 3 is 2.69 bits per heavy atom. The molecule has 0 fully saturated rings. The Hall–Kier alpha value is -4.33. The number of carbonyl (C=O) groups excluding carboxylic acids is 1. The number of rotatable bonds is 9. The number of nitrogens with zero attached hydrogens (tertiary/aromatic N) is 4. The summed E-state index contributed by atoms with van der Waals surface area (Å²) in [6.45, 7) is 8.99. The average molecular weight is 483 g/mol. The van der Waals surface area contributed by atoms with E-state index >= 15 is 0 Å². The lowest BCUT2D eigenvalue weighted by Gasteiger charge is -2.13. The first-order chi connectivity index (χ1) is 17.4. The van der Waals surface area contributed by atoms with Crippen LogP contribution >= 0.6 is 0 Å². The number of nitrogens with one attached hydrogen (secondary N) is 2. The lowest BCUT2D eigenvalue weighted by Crippen LogP contribution is -2.12. The molecule has 0 radical (unpaired) electrons. The molecule has 2 heterocycles. The molecule has 0 aliphatic heterocycles. The fourth-order valence-corrected chi connectivity index (χ4v) is 3.52. The number of pyridine rings is 1. The molecular formula is C28H30N6O2. The molecule has 0 aliphatic carbocycles. The van der Waals surface area contributed by atoms with Gasteiger partial charge < -0.3 is 15.4 Å². The second kappa shape index (κ2) is 11.4. The Bertz CT molecular complexity index is 1360. The van der Waals surface area contributed by atoms with E-state index in [9.17, 15) is 4.79 Å². The fraction of sp³-hybridized carbons (Fsp3) is 0.250. The van der Waals surface area contributed by atoms with Gasteiger partial charge >= 0.3 is 0 Å². The van der Waals surface area contributed by atoms with Crippen LogP contribution in [0.2, 0.25) is 0 Å². The lowest BCUT2D eigenvalue weighted by molar-refractivity contribution is 0.102. The molecule has 2 aromatic heterocycles. The topological polar surface area (TPSA) is 102 Å². The van der Waals surface area contributed by atoms with Crippen molar-refractivity contribution >= 4 is 17.5 Å². The van der Waals surface area contributed by atoms with E-state index in [-0.39, 0.29) is 5.91 Å². The number of amides is 1. The number of ether oxygens (including phenoxy) is 1. The molecule has 0 atom stereocenters. The Balaban J connectivity index is 1.58. The van der Waals surface area contributed by atoms with Crippen LogP contribution in [0.25, 0.3) is 11.4 Å². The Morgan fingerprint density at radius 2 is 1.89 bits per heavy atom. The van der Waals surface area contributed by atoms with Crippen LogP contribution < -0.4 is 15.4 Å². The third kappa shape index (κ3) is 6.02. The number of aromatic nitrogens is 4. The van der Waals surface area contributed by atoms with E-state index in [0.717, 1.165) is 29.8 Å². The zero-order valence-corrected chi connectivity index (χ0v) is 20.9. The van der Waals surface area contributed by atoms with E-state index in [4.69, 9.17) is 4.74 Å². The first-order valence-electron chi connectivity index (χ1n) is 12.0. The molecule has 184 valence electrons. The molecule has 0 saturated carbocycles. The summed E-state index contributed by atoms with van der Waals surface area (Å²) in [4.78, 5) is 30.4. The fourth-order valence-electron chi connectivity index (χ4n) is 3.52. The number of benzene rings is 2. The second-order valence-electron chi connectivity index (χ2n) is 8.73. The molecule has 0 bridgehead atoms. The highest BCUT2D eigenvalue weighted by Crippen LogP contribution is 2.32. The Kier molecular flexibility index (Phi) is 7.85. The molecule has 2 N–H and O–H groups in total. The molecule has 1 amide bonds. The van der Waals surface area contributed by atoms with Gasteiger partial charge in [-0.05, 0) is 66.8 Å². The standard InChI is InChI=1S/C28H30N6O2/c1-5-13-30-28-32-17-31-25(34-28)23-10-7-14-29-27(23)36-24-16-21(12-11-19(24)4)26(35)33-22-9-6-8-20(15-22)18(2)3/h6-12,14-18H,5,13H2,1-4H3,(H,33,35)(H,30,31,32,34). The molecule has 8 nitrogen and oxygen atoms in total. The van der Waals surface area contributed by atoms with Crippen LogP contribution in [0.15, 0.2) is 67.1 Å². The van der Waals surface area contributed by atoms with E-state index < -0.39 is 0 Å². The Labute approximate surface area is 211 Å². The van der Waals surface area contributed by atoms with Crippen molar-refractivity contribution in [3.63, 3.8) is 0 Å². The van der Waals surface area contributed by atoms with Crippen LogP contribution in [0.3, 0.4) is 0 Å². The summed E-state index contributed by atoms with van der Waals surface area (Å²) < 4.78 is 6.20. The van der Waals surface area contributed by atoms with Crippen molar-refractivity contribution in [1.29, 1.82) is 0 Å². The van der Waals surface area contributed by atoms with Gasteiger partial charge in [0, 0.05) is 24.0 Å². The number of anilines is 2. The van der Waals surface area contributed by atoms with Gasteiger partial charge in [0.05, 0.1) is 5.56 Å². The van der Waals surface area contributed by atoms with E-state index in [1.165, 1.54) is 6.33 Å². The predicted octanol–water partition coefficient (Wildman–Crippen LogP) is 6.23. The molecule has 4 rings (SSSR count). The average Bonchev–Trinajstić information content (AvgIpc) is 2.89. The molecule has 0 unspecified atom stereocenters. The molecule has 0 saturated heterocycles. The van der Waals surface area contributed by atoms with Gasteiger partial charge in [-0.3, -0.25) is 4.79 Å². The third-order valence-electron chi connectivity index (χ3n) is 5.59. The number of hydrogen-bond acceptors (Lipinski definition) is 7. The van der Waals surface area contributed by atoms with Crippen molar-refractivity contribution in [1.82, 2.24) is 19.9 Å². The van der Waals surface area contributed by atoms with Crippen LogP contribution in [0.5, 0.6) is 11.6 Å². The quantitative estimate of drug-likeness (QED) is 0.291. The summed E-state index contributed by atoms with van der Waals surface area (Å²) in [5.41, 5.74) is 3.89. The normalized spacial score (nSPS) is 10.8. The monoisotopic (exact) mass is 482 g/mol. The van der Waals surface area contributed by atoms with Crippen molar-refractivity contribution in [2.24, 2.45) is 0 Å². The highest BCUT2D eigenvalue weighted by atomic mass is 16.5. The van der Waals surface area contributed by atoms with E-state index in [1.54, 1.807) is 24.4 Å². The van der Waals surface area contributed by atoms with Crippen molar-refractivity contribution in [3.05, 3.63) is 83.8 Å². The predicted molar refractivity (Wildman–Crippen MR) is 142 cm³/mol. The minimum atomic E-state index is -0.217. The highest BCUT2D eigenvalue weighted by molar-refractivity contribution is 6.04. The maximum Gasteiger partial charge on any atom is 0.255 e. The van der Waals surface area contributed by atoms with Gasteiger partial charge in [0.1, 0.15) is 12.1 Å². The number of aryl methyl sites for hydroxylation is 1. The zero-order valence-electron chi connectivity index (χ0n) is 20.9. The van der Waals surface area contributed by atoms with Gasteiger partial charge in [-0.15, -0.1) is 0 Å². The van der Waals surface area contributed by atoms with Gasteiger partial charge in [-0.1, -0.05) is 39.0 Å². The highest BCUT2D eigenvalue weighted by Gasteiger charge is 2.15. The van der Waals surface area contributed by atoms with E-state index in [0.29, 0.717) is 40.4 Å².